The first kappa shape index (κ1) is 20.0. The molecule has 0 saturated carbocycles. The molecule has 0 radical (unpaired) electrons. The molecule has 0 bridgehead atoms. The summed E-state index contributed by atoms with van der Waals surface area (Å²) in [4.78, 5) is 27.1. The fourth-order valence-corrected chi connectivity index (χ4v) is 3.42. The Kier molecular flexibility index (Phi) is 5.99. The third-order valence-corrected chi connectivity index (χ3v) is 5.10. The van der Waals surface area contributed by atoms with Crippen molar-refractivity contribution in [3.8, 4) is 17.3 Å². The van der Waals surface area contributed by atoms with Crippen LogP contribution in [-0.4, -0.2) is 57.2 Å². The quantitative estimate of drug-likeness (QED) is 0.612. The van der Waals surface area contributed by atoms with Crippen molar-refractivity contribution in [3.05, 3.63) is 53.8 Å². The number of carbonyl (C=O) groups excluding carboxylic acids is 1. The molecule has 1 aliphatic heterocycles. The molecule has 3 heterocycles. The van der Waals surface area contributed by atoms with Crippen LogP contribution in [0.3, 0.4) is 0 Å². The van der Waals surface area contributed by atoms with Crippen molar-refractivity contribution in [1.82, 2.24) is 25.0 Å². The first-order chi connectivity index (χ1) is 14.6. The molecule has 30 heavy (non-hydrogen) atoms. The van der Waals surface area contributed by atoms with Crippen LogP contribution in [-0.2, 0) is 11.3 Å². The number of nitrogens with zero attached hydrogens (tertiary/aromatic N) is 5. The van der Waals surface area contributed by atoms with Gasteiger partial charge in [-0.3, -0.25) is 9.78 Å². The second-order valence-electron chi connectivity index (χ2n) is 7.09. The Morgan fingerprint density at radius 2 is 2.10 bits per heavy atom. The lowest BCUT2D eigenvalue weighted by atomic mass is 10.0. The number of rotatable bonds is 6. The highest BCUT2D eigenvalue weighted by Crippen LogP contribution is 2.22. The van der Waals surface area contributed by atoms with E-state index in [0.717, 1.165) is 24.2 Å². The van der Waals surface area contributed by atoms with E-state index >= 15 is 0 Å². The van der Waals surface area contributed by atoms with Crippen molar-refractivity contribution in [3.63, 3.8) is 0 Å². The summed E-state index contributed by atoms with van der Waals surface area (Å²) >= 11 is 0. The molecule has 1 saturated heterocycles. The van der Waals surface area contributed by atoms with Gasteiger partial charge in [0.2, 0.25) is 5.82 Å². The van der Waals surface area contributed by atoms with Gasteiger partial charge in [0.1, 0.15) is 18.1 Å². The molecule has 0 aliphatic carbocycles. The summed E-state index contributed by atoms with van der Waals surface area (Å²) in [5.41, 5.74) is 2.17. The van der Waals surface area contributed by atoms with Crippen molar-refractivity contribution in [1.29, 1.82) is 0 Å². The molecule has 0 unspecified atom stereocenters. The van der Waals surface area contributed by atoms with E-state index in [-0.39, 0.29) is 18.6 Å². The second-order valence-corrected chi connectivity index (χ2v) is 7.09. The molecule has 1 aromatic carbocycles. The van der Waals surface area contributed by atoms with E-state index in [2.05, 4.69) is 20.1 Å². The number of aromatic nitrogens is 4. The number of benzene rings is 1. The Labute approximate surface area is 174 Å². The van der Waals surface area contributed by atoms with Crippen molar-refractivity contribution < 1.29 is 18.8 Å². The predicted octanol–water partition coefficient (Wildman–Crippen LogP) is 2.67. The minimum Gasteiger partial charge on any atom is -0.497 e. The zero-order valence-electron chi connectivity index (χ0n) is 16.9. The van der Waals surface area contributed by atoms with Gasteiger partial charge in [-0.15, -0.1) is 0 Å². The minimum atomic E-state index is 0.0397. The molecule has 9 nitrogen and oxygen atoms in total. The summed E-state index contributed by atoms with van der Waals surface area (Å²) in [7, 11) is 1.62. The van der Waals surface area contributed by atoms with Gasteiger partial charge in [-0.1, -0.05) is 5.16 Å². The largest absolute Gasteiger partial charge is 0.497 e. The van der Waals surface area contributed by atoms with Crippen LogP contribution in [0.25, 0.3) is 11.5 Å². The molecule has 3 aromatic rings. The Morgan fingerprint density at radius 3 is 2.80 bits per heavy atom. The number of hydrogen-bond acceptors (Lipinski definition) is 8. The smallest absolute Gasteiger partial charge is 0.254 e. The molecule has 9 heteroatoms. The summed E-state index contributed by atoms with van der Waals surface area (Å²) < 4.78 is 16.4. The second kappa shape index (κ2) is 9.00. The zero-order valence-corrected chi connectivity index (χ0v) is 16.9. The van der Waals surface area contributed by atoms with Gasteiger partial charge in [0, 0.05) is 31.0 Å². The topological polar surface area (TPSA) is 103 Å². The number of methoxy groups -OCH3 is 1. The van der Waals surface area contributed by atoms with Crippen LogP contribution >= 0.6 is 0 Å². The van der Waals surface area contributed by atoms with Crippen LogP contribution in [0.5, 0.6) is 5.75 Å². The fraction of sp³-hybridized carbons (Fsp3) is 0.381. The molecule has 1 aliphatic rings. The van der Waals surface area contributed by atoms with E-state index in [1.54, 1.807) is 25.7 Å². The lowest BCUT2D eigenvalue weighted by Gasteiger charge is -2.32. The average Bonchev–Trinajstić information content (AvgIpc) is 3.27. The Bertz CT molecular complexity index is 1000. The Hall–Kier alpha value is -3.33. The van der Waals surface area contributed by atoms with Crippen molar-refractivity contribution in [2.24, 2.45) is 0 Å². The molecule has 0 N–H and O–H groups in total. The first-order valence-corrected chi connectivity index (χ1v) is 9.78. The number of amides is 1. The van der Waals surface area contributed by atoms with Gasteiger partial charge >= 0.3 is 0 Å². The molecular formula is C21H23N5O4. The van der Waals surface area contributed by atoms with Crippen LogP contribution in [0.4, 0.5) is 0 Å². The number of aryl methyl sites for hydroxylation is 1. The van der Waals surface area contributed by atoms with Crippen LogP contribution in [0.15, 0.2) is 41.3 Å². The molecule has 1 fully saturated rings. The van der Waals surface area contributed by atoms with Gasteiger partial charge in [-0.2, -0.15) is 4.98 Å². The van der Waals surface area contributed by atoms with Gasteiger partial charge in [-0.25, -0.2) is 4.98 Å². The number of hydrogen-bond donors (Lipinski definition) is 0. The highest BCUT2D eigenvalue weighted by molar-refractivity contribution is 5.95. The maximum Gasteiger partial charge on any atom is 0.254 e. The summed E-state index contributed by atoms with van der Waals surface area (Å²) in [5, 5.41) is 3.91. The van der Waals surface area contributed by atoms with Crippen LogP contribution in [0.2, 0.25) is 0 Å². The van der Waals surface area contributed by atoms with Gasteiger partial charge in [0.25, 0.3) is 11.8 Å². The third-order valence-electron chi connectivity index (χ3n) is 5.10. The monoisotopic (exact) mass is 409 g/mol. The molecule has 2 aromatic heterocycles. The number of carbonyl (C=O) groups is 1. The van der Waals surface area contributed by atoms with E-state index < -0.39 is 0 Å². The maximum atomic E-state index is 12.8. The van der Waals surface area contributed by atoms with Gasteiger partial charge < -0.3 is 18.9 Å². The van der Waals surface area contributed by atoms with Gasteiger partial charge in [0.15, 0.2) is 0 Å². The molecular weight excluding hydrogens is 386 g/mol. The summed E-state index contributed by atoms with van der Waals surface area (Å²) in [5.74, 6) is 1.57. The SMILES string of the molecule is COc1ccc(C(=O)N2CCC(OCc3nc(-c4cnccn4)no3)CC2)c(C)c1. The number of likely N-dealkylation sites (tertiary alicyclic amines) is 1. The highest BCUT2D eigenvalue weighted by atomic mass is 16.5. The van der Waals surface area contributed by atoms with E-state index in [1.165, 1.54) is 0 Å². The third kappa shape index (κ3) is 4.46. The van der Waals surface area contributed by atoms with E-state index in [1.807, 2.05) is 30.0 Å². The molecule has 0 atom stereocenters. The van der Waals surface area contributed by atoms with Gasteiger partial charge in [-0.05, 0) is 43.5 Å². The number of ether oxygens (including phenoxy) is 2. The highest BCUT2D eigenvalue weighted by Gasteiger charge is 2.25. The Balaban J connectivity index is 1.28. The first-order valence-electron chi connectivity index (χ1n) is 9.78. The van der Waals surface area contributed by atoms with Crippen molar-refractivity contribution in [2.75, 3.05) is 20.2 Å². The Morgan fingerprint density at radius 1 is 1.27 bits per heavy atom. The fourth-order valence-electron chi connectivity index (χ4n) is 3.42. The van der Waals surface area contributed by atoms with Gasteiger partial charge in [0.05, 0.1) is 19.4 Å². The zero-order chi connectivity index (χ0) is 20.9. The molecule has 4 rings (SSSR count). The summed E-state index contributed by atoms with van der Waals surface area (Å²) in [6.07, 6.45) is 6.29. The summed E-state index contributed by atoms with van der Waals surface area (Å²) in [6, 6.07) is 5.52. The summed E-state index contributed by atoms with van der Waals surface area (Å²) in [6.45, 7) is 3.43. The lowest BCUT2D eigenvalue weighted by molar-refractivity contribution is -0.00979. The van der Waals surface area contributed by atoms with Crippen LogP contribution in [0.1, 0.15) is 34.7 Å². The predicted molar refractivity (Wildman–Crippen MR) is 107 cm³/mol. The lowest BCUT2D eigenvalue weighted by Crippen LogP contribution is -2.41. The van der Waals surface area contributed by atoms with E-state index in [0.29, 0.717) is 36.1 Å². The van der Waals surface area contributed by atoms with E-state index in [4.69, 9.17) is 14.0 Å². The van der Waals surface area contributed by atoms with Crippen LogP contribution in [0, 0.1) is 6.92 Å². The van der Waals surface area contributed by atoms with Crippen LogP contribution < -0.4 is 4.74 Å². The van der Waals surface area contributed by atoms with Crippen molar-refractivity contribution >= 4 is 5.91 Å². The van der Waals surface area contributed by atoms with Crippen molar-refractivity contribution in [2.45, 2.75) is 32.5 Å². The maximum absolute atomic E-state index is 12.8. The molecule has 156 valence electrons. The average molecular weight is 409 g/mol. The number of piperidine rings is 1. The normalized spacial score (nSPS) is 14.7. The van der Waals surface area contributed by atoms with E-state index in [9.17, 15) is 4.79 Å². The minimum absolute atomic E-state index is 0.0397. The standard InChI is InChI=1S/C21H23N5O4/c1-14-11-16(28-2)3-4-17(14)21(27)26-9-5-15(6-10-26)29-13-19-24-20(25-30-19)18-12-22-7-8-23-18/h3-4,7-8,11-12,15H,5-6,9-10,13H2,1-2H3. The molecule has 1 amide bonds. The molecule has 0 spiro atoms.